The lowest BCUT2D eigenvalue weighted by Gasteiger charge is -2.19. The van der Waals surface area contributed by atoms with E-state index in [1.54, 1.807) is 7.11 Å². The smallest absolute Gasteiger partial charge is 0.407 e. The average Bonchev–Trinajstić information content (AvgIpc) is 3.14. The van der Waals surface area contributed by atoms with Crippen molar-refractivity contribution in [2.24, 2.45) is 5.92 Å². The van der Waals surface area contributed by atoms with Crippen LogP contribution in [0.15, 0.2) is 36.7 Å². The number of nitrogens with one attached hydrogen (secondary N) is 1. The number of amides is 1. The molecule has 2 aromatic rings. The van der Waals surface area contributed by atoms with E-state index in [0.717, 1.165) is 48.8 Å². The molecule has 1 fully saturated rings. The lowest BCUT2D eigenvalue weighted by molar-refractivity contribution is 0.0523. The normalized spacial score (nSPS) is 16.7. The third-order valence-electron chi connectivity index (χ3n) is 4.71. The Balaban J connectivity index is 1.61. The second-order valence-corrected chi connectivity index (χ2v) is 8.38. The fourth-order valence-electron chi connectivity index (χ4n) is 3.37. The van der Waals surface area contributed by atoms with Gasteiger partial charge in [0.2, 0.25) is 5.95 Å². The number of nitrogens with zero attached hydrogens (tertiary/aromatic N) is 3. The minimum atomic E-state index is -0.510. The van der Waals surface area contributed by atoms with Crippen molar-refractivity contribution >= 4 is 12.0 Å². The molecule has 0 spiro atoms. The first-order chi connectivity index (χ1) is 13.8. The number of methoxy groups -OCH3 is 1. The predicted octanol–water partition coefficient (Wildman–Crippen LogP) is 3.64. The maximum atomic E-state index is 11.8. The largest absolute Gasteiger partial charge is 0.444 e. The molecule has 156 valence electrons. The molecule has 1 aliphatic heterocycles. The van der Waals surface area contributed by atoms with Crippen LogP contribution in [0.3, 0.4) is 0 Å². The predicted molar refractivity (Wildman–Crippen MR) is 113 cm³/mol. The lowest BCUT2D eigenvalue weighted by Crippen LogP contribution is -2.32. The van der Waals surface area contributed by atoms with Gasteiger partial charge in [0, 0.05) is 50.6 Å². The van der Waals surface area contributed by atoms with Crippen LogP contribution in [0.5, 0.6) is 0 Å². The molecular weight excluding hydrogens is 368 g/mol. The molecule has 1 aromatic carbocycles. The molecule has 0 aliphatic carbocycles. The number of carbonyl (C=O) groups is 1. The number of benzene rings is 1. The van der Waals surface area contributed by atoms with Gasteiger partial charge in [0.1, 0.15) is 5.60 Å². The molecule has 0 bridgehead atoms. The molecule has 0 saturated carbocycles. The summed E-state index contributed by atoms with van der Waals surface area (Å²) in [6.07, 6.45) is 4.39. The third-order valence-corrected chi connectivity index (χ3v) is 4.71. The van der Waals surface area contributed by atoms with Gasteiger partial charge in [0.25, 0.3) is 0 Å². The highest BCUT2D eigenvalue weighted by Gasteiger charge is 2.24. The number of ether oxygens (including phenoxy) is 2. The molecule has 1 atom stereocenters. The van der Waals surface area contributed by atoms with Crippen LogP contribution in [0.4, 0.5) is 10.7 Å². The van der Waals surface area contributed by atoms with Gasteiger partial charge in [0.05, 0.1) is 6.61 Å². The summed E-state index contributed by atoms with van der Waals surface area (Å²) < 4.78 is 10.5. The molecule has 2 heterocycles. The highest BCUT2D eigenvalue weighted by molar-refractivity contribution is 5.68. The van der Waals surface area contributed by atoms with Gasteiger partial charge in [-0.05, 0) is 44.4 Å². The highest BCUT2D eigenvalue weighted by atomic mass is 16.6. The number of hydrogen-bond acceptors (Lipinski definition) is 6. The molecule has 29 heavy (non-hydrogen) atoms. The minimum Gasteiger partial charge on any atom is -0.444 e. The summed E-state index contributed by atoms with van der Waals surface area (Å²) in [7, 11) is 1.74. The number of aromatic nitrogens is 2. The van der Waals surface area contributed by atoms with Gasteiger partial charge in [0.15, 0.2) is 0 Å². The Hall–Kier alpha value is -2.67. The number of alkyl carbamates (subject to hydrolysis) is 1. The van der Waals surface area contributed by atoms with E-state index in [-0.39, 0.29) is 0 Å². The maximum absolute atomic E-state index is 11.8. The van der Waals surface area contributed by atoms with Crippen LogP contribution in [0, 0.1) is 5.92 Å². The molecule has 3 rings (SSSR count). The topological polar surface area (TPSA) is 76.6 Å². The standard InChI is InChI=1S/C22H30N4O3/c1-22(2,3)29-21(27)25-11-16-6-5-7-18(10-16)19-12-23-20(24-13-19)26-9-8-17(14-26)15-28-4/h5-7,10,12-13,17H,8-9,11,14-15H2,1-4H3,(H,25,27). The van der Waals surface area contributed by atoms with Crippen LogP contribution in [0.2, 0.25) is 0 Å². The van der Waals surface area contributed by atoms with E-state index in [1.165, 1.54) is 0 Å². The Kier molecular flexibility index (Phi) is 6.69. The van der Waals surface area contributed by atoms with E-state index in [4.69, 9.17) is 9.47 Å². The average molecular weight is 399 g/mol. The van der Waals surface area contributed by atoms with Gasteiger partial charge in [-0.2, -0.15) is 0 Å². The van der Waals surface area contributed by atoms with E-state index >= 15 is 0 Å². The van der Waals surface area contributed by atoms with Crippen LogP contribution >= 0.6 is 0 Å². The van der Waals surface area contributed by atoms with Gasteiger partial charge in [-0.3, -0.25) is 0 Å². The Labute approximate surface area is 172 Å². The SMILES string of the molecule is COCC1CCN(c2ncc(-c3cccc(CNC(=O)OC(C)(C)C)c3)cn2)C1. The molecule has 0 radical (unpaired) electrons. The minimum absolute atomic E-state index is 0.399. The number of carbonyl (C=O) groups excluding carboxylic acids is 1. The summed E-state index contributed by atoms with van der Waals surface area (Å²) in [6.45, 7) is 8.59. The van der Waals surface area contributed by atoms with Crippen LogP contribution in [0.25, 0.3) is 11.1 Å². The molecule has 1 saturated heterocycles. The first-order valence-corrected chi connectivity index (χ1v) is 9.96. The zero-order valence-corrected chi connectivity index (χ0v) is 17.6. The molecule has 1 unspecified atom stereocenters. The second-order valence-electron chi connectivity index (χ2n) is 8.38. The Morgan fingerprint density at radius 2 is 2.00 bits per heavy atom. The Morgan fingerprint density at radius 3 is 2.69 bits per heavy atom. The van der Waals surface area contributed by atoms with Crippen molar-refractivity contribution in [1.29, 1.82) is 0 Å². The van der Waals surface area contributed by atoms with Crippen molar-refractivity contribution in [2.75, 3.05) is 31.7 Å². The molecule has 1 aromatic heterocycles. The Morgan fingerprint density at radius 1 is 1.24 bits per heavy atom. The van der Waals surface area contributed by atoms with Crippen LogP contribution in [0.1, 0.15) is 32.8 Å². The van der Waals surface area contributed by atoms with E-state index < -0.39 is 11.7 Å². The summed E-state index contributed by atoms with van der Waals surface area (Å²) in [4.78, 5) is 23.2. The summed E-state index contributed by atoms with van der Waals surface area (Å²) in [5.74, 6) is 1.30. The van der Waals surface area contributed by atoms with E-state index in [2.05, 4.69) is 20.2 Å². The van der Waals surface area contributed by atoms with E-state index in [1.807, 2.05) is 57.4 Å². The van der Waals surface area contributed by atoms with Crippen molar-refractivity contribution in [1.82, 2.24) is 15.3 Å². The highest BCUT2D eigenvalue weighted by Crippen LogP contribution is 2.24. The monoisotopic (exact) mass is 398 g/mol. The van der Waals surface area contributed by atoms with Gasteiger partial charge < -0.3 is 19.7 Å². The van der Waals surface area contributed by atoms with Crippen molar-refractivity contribution < 1.29 is 14.3 Å². The fourth-order valence-corrected chi connectivity index (χ4v) is 3.37. The van der Waals surface area contributed by atoms with Gasteiger partial charge in [-0.15, -0.1) is 0 Å². The lowest BCUT2D eigenvalue weighted by atomic mass is 10.1. The van der Waals surface area contributed by atoms with E-state index in [9.17, 15) is 4.79 Å². The second kappa shape index (κ2) is 9.22. The van der Waals surface area contributed by atoms with Crippen molar-refractivity contribution in [2.45, 2.75) is 39.3 Å². The van der Waals surface area contributed by atoms with Crippen molar-refractivity contribution in [3.8, 4) is 11.1 Å². The van der Waals surface area contributed by atoms with Gasteiger partial charge in [-0.25, -0.2) is 14.8 Å². The first-order valence-electron chi connectivity index (χ1n) is 9.96. The zero-order valence-electron chi connectivity index (χ0n) is 17.6. The van der Waals surface area contributed by atoms with Crippen molar-refractivity contribution in [3.63, 3.8) is 0 Å². The number of anilines is 1. The summed E-state index contributed by atoms with van der Waals surface area (Å²) >= 11 is 0. The maximum Gasteiger partial charge on any atom is 0.407 e. The summed E-state index contributed by atoms with van der Waals surface area (Å²) in [5.41, 5.74) is 2.43. The molecule has 1 amide bonds. The van der Waals surface area contributed by atoms with Gasteiger partial charge in [-0.1, -0.05) is 18.2 Å². The van der Waals surface area contributed by atoms with Crippen molar-refractivity contribution in [3.05, 3.63) is 42.2 Å². The molecule has 7 heteroatoms. The van der Waals surface area contributed by atoms with Crippen LogP contribution in [-0.4, -0.2) is 48.5 Å². The quantitative estimate of drug-likeness (QED) is 0.801. The summed E-state index contributed by atoms with van der Waals surface area (Å²) in [6, 6.07) is 7.97. The molecule has 7 nitrogen and oxygen atoms in total. The molecular formula is C22H30N4O3. The fraction of sp³-hybridized carbons (Fsp3) is 0.500. The third kappa shape index (κ3) is 6.15. The molecule has 1 aliphatic rings. The number of hydrogen-bond donors (Lipinski definition) is 1. The van der Waals surface area contributed by atoms with E-state index in [0.29, 0.717) is 12.5 Å². The zero-order chi connectivity index (χ0) is 20.9. The summed E-state index contributed by atoms with van der Waals surface area (Å²) in [5, 5.41) is 2.79. The molecule has 1 N–H and O–H groups in total. The van der Waals surface area contributed by atoms with Crippen LogP contribution < -0.4 is 10.2 Å². The Bertz CT molecular complexity index is 818. The van der Waals surface area contributed by atoms with Crippen LogP contribution in [-0.2, 0) is 16.0 Å². The van der Waals surface area contributed by atoms with Gasteiger partial charge >= 0.3 is 6.09 Å². The number of rotatable bonds is 6. The first kappa shape index (κ1) is 21.0.